The van der Waals surface area contributed by atoms with E-state index in [9.17, 15) is 9.18 Å². The second-order valence-corrected chi connectivity index (χ2v) is 8.37. The summed E-state index contributed by atoms with van der Waals surface area (Å²) in [5, 5.41) is 3.02. The normalized spacial score (nSPS) is 17.0. The summed E-state index contributed by atoms with van der Waals surface area (Å²) in [5.41, 5.74) is 11.5. The number of urea groups is 1. The molecule has 1 fully saturated rings. The number of nitrogens with zero attached hydrogens (tertiary/aromatic N) is 3. The molecule has 0 unspecified atom stereocenters. The molecule has 2 amide bonds. The number of halogens is 1. The number of nitrogens with two attached hydrogens (primary N) is 1. The predicted molar refractivity (Wildman–Crippen MR) is 125 cm³/mol. The second kappa shape index (κ2) is 8.49. The van der Waals surface area contributed by atoms with Crippen LogP contribution in [-0.4, -0.2) is 41.6 Å². The molecule has 164 valence electrons. The molecule has 0 saturated carbocycles. The number of rotatable bonds is 3. The highest BCUT2D eigenvalue weighted by molar-refractivity contribution is 5.91. The summed E-state index contributed by atoms with van der Waals surface area (Å²) in [5.74, 6) is -0.262. The van der Waals surface area contributed by atoms with Gasteiger partial charge in [0.2, 0.25) is 0 Å². The number of nitrogens with one attached hydrogen (secondary N) is 1. The van der Waals surface area contributed by atoms with Crippen LogP contribution in [0.25, 0.3) is 11.1 Å². The Labute approximate surface area is 186 Å². The molecule has 32 heavy (non-hydrogen) atoms. The number of carbonyl (C=O) groups excluding carboxylic acids is 1. The Kier molecular flexibility index (Phi) is 5.39. The first-order chi connectivity index (χ1) is 15.6. The number of benzene rings is 2. The lowest BCUT2D eigenvalue weighted by Gasteiger charge is -2.39. The molecule has 5 rings (SSSR count). The van der Waals surface area contributed by atoms with E-state index in [-0.39, 0.29) is 17.9 Å². The van der Waals surface area contributed by atoms with Gasteiger partial charge >= 0.3 is 6.03 Å². The van der Waals surface area contributed by atoms with Gasteiger partial charge in [0, 0.05) is 55.2 Å². The summed E-state index contributed by atoms with van der Waals surface area (Å²) < 4.78 is 13.3. The average molecular weight is 432 g/mol. The molecule has 7 heteroatoms. The maximum Gasteiger partial charge on any atom is 0.322 e. The number of fused-ring (bicyclic) bond motifs is 1. The van der Waals surface area contributed by atoms with Gasteiger partial charge in [0.1, 0.15) is 5.82 Å². The van der Waals surface area contributed by atoms with E-state index in [0.717, 1.165) is 60.5 Å². The molecule has 2 aromatic carbocycles. The lowest BCUT2D eigenvalue weighted by molar-refractivity contribution is 0.177. The fourth-order valence-electron chi connectivity index (χ4n) is 4.67. The summed E-state index contributed by atoms with van der Waals surface area (Å²) >= 11 is 0. The molecule has 0 radical (unpaired) electrons. The monoisotopic (exact) mass is 431 g/mol. The third-order valence-electron chi connectivity index (χ3n) is 6.44. The number of anilines is 3. The van der Waals surface area contributed by atoms with E-state index >= 15 is 0 Å². The number of piperidine rings is 1. The van der Waals surface area contributed by atoms with Crippen molar-refractivity contribution >= 4 is 23.1 Å². The van der Waals surface area contributed by atoms with Crippen molar-refractivity contribution in [1.29, 1.82) is 0 Å². The molecule has 0 aliphatic carbocycles. The lowest BCUT2D eigenvalue weighted by Crippen LogP contribution is -2.48. The Morgan fingerprint density at radius 3 is 2.59 bits per heavy atom. The Morgan fingerprint density at radius 1 is 1.03 bits per heavy atom. The van der Waals surface area contributed by atoms with Crippen LogP contribution in [0.1, 0.15) is 18.5 Å². The topological polar surface area (TPSA) is 74.5 Å². The van der Waals surface area contributed by atoms with E-state index in [4.69, 9.17) is 5.73 Å². The van der Waals surface area contributed by atoms with Crippen molar-refractivity contribution in [3.8, 4) is 11.1 Å². The van der Waals surface area contributed by atoms with Gasteiger partial charge in [-0.15, -0.1) is 0 Å². The van der Waals surface area contributed by atoms with Gasteiger partial charge in [-0.25, -0.2) is 9.18 Å². The minimum atomic E-state index is -0.262. The molecule has 6 nitrogen and oxygen atoms in total. The smallest absolute Gasteiger partial charge is 0.322 e. The molecular weight excluding hydrogens is 405 g/mol. The standard InChI is InChI=1S/C25H26FN5O/c26-18-5-3-17(4-6-18)21-16-20(7-8-22(21)27)30-13-9-19(10-14-30)31-15-11-23-24(29-25(31)32)2-1-12-28-23/h1-8,12,16,19H,9-11,13-15,27H2,(H,29,32). The first kappa shape index (κ1) is 20.3. The van der Waals surface area contributed by atoms with Crippen LogP contribution in [0.4, 0.5) is 26.2 Å². The summed E-state index contributed by atoms with van der Waals surface area (Å²) in [4.78, 5) is 21.5. The van der Waals surface area contributed by atoms with E-state index in [0.29, 0.717) is 12.2 Å². The second-order valence-electron chi connectivity index (χ2n) is 8.37. The fraction of sp³-hybridized carbons (Fsp3) is 0.280. The number of hydrogen-bond acceptors (Lipinski definition) is 4. The van der Waals surface area contributed by atoms with Gasteiger partial charge in [-0.05, 0) is 60.9 Å². The summed E-state index contributed by atoms with van der Waals surface area (Å²) in [6.45, 7) is 2.38. The van der Waals surface area contributed by atoms with Crippen molar-refractivity contribution < 1.29 is 9.18 Å². The van der Waals surface area contributed by atoms with Crippen LogP contribution in [-0.2, 0) is 6.42 Å². The first-order valence-electron chi connectivity index (χ1n) is 11.0. The zero-order valence-electron chi connectivity index (χ0n) is 17.8. The van der Waals surface area contributed by atoms with Crippen molar-refractivity contribution in [2.45, 2.75) is 25.3 Å². The number of aromatic nitrogens is 1. The maximum atomic E-state index is 13.3. The predicted octanol–water partition coefficient (Wildman–Crippen LogP) is 4.53. The van der Waals surface area contributed by atoms with Gasteiger partial charge in [0.05, 0.1) is 11.4 Å². The third-order valence-corrected chi connectivity index (χ3v) is 6.44. The molecule has 2 aliphatic rings. The Hall–Kier alpha value is -3.61. The molecule has 3 N–H and O–H groups in total. The average Bonchev–Trinajstić information content (AvgIpc) is 2.98. The minimum absolute atomic E-state index is 0.0405. The van der Waals surface area contributed by atoms with Crippen LogP contribution in [0.3, 0.4) is 0 Å². The number of hydrogen-bond donors (Lipinski definition) is 2. The third kappa shape index (κ3) is 3.98. The van der Waals surface area contributed by atoms with Crippen LogP contribution in [0.5, 0.6) is 0 Å². The molecule has 1 aromatic heterocycles. The van der Waals surface area contributed by atoms with Crippen molar-refractivity contribution in [2.24, 2.45) is 0 Å². The maximum absolute atomic E-state index is 13.3. The van der Waals surface area contributed by atoms with Gasteiger partial charge < -0.3 is 20.9 Å². The van der Waals surface area contributed by atoms with Gasteiger partial charge in [-0.2, -0.15) is 0 Å². The molecule has 0 bridgehead atoms. The Balaban J connectivity index is 1.27. The molecule has 3 heterocycles. The SMILES string of the molecule is Nc1ccc(N2CCC(N3CCc4ncccc4NC3=O)CC2)cc1-c1ccc(F)cc1. The summed E-state index contributed by atoms with van der Waals surface area (Å²) in [7, 11) is 0. The molecular formula is C25H26FN5O. The van der Waals surface area contributed by atoms with Gasteiger partial charge in [-0.3, -0.25) is 4.98 Å². The van der Waals surface area contributed by atoms with Crippen LogP contribution in [0.15, 0.2) is 60.8 Å². The van der Waals surface area contributed by atoms with Crippen LogP contribution < -0.4 is 16.0 Å². The first-order valence-corrected chi connectivity index (χ1v) is 11.0. The number of carbonyl (C=O) groups is 1. The van der Waals surface area contributed by atoms with E-state index in [1.807, 2.05) is 29.2 Å². The van der Waals surface area contributed by atoms with Gasteiger partial charge in [0.15, 0.2) is 0 Å². The minimum Gasteiger partial charge on any atom is -0.398 e. The van der Waals surface area contributed by atoms with E-state index in [1.165, 1.54) is 12.1 Å². The van der Waals surface area contributed by atoms with Crippen LogP contribution in [0.2, 0.25) is 0 Å². The quantitative estimate of drug-likeness (QED) is 0.598. The zero-order valence-corrected chi connectivity index (χ0v) is 17.8. The van der Waals surface area contributed by atoms with Gasteiger partial charge in [-0.1, -0.05) is 12.1 Å². The molecule has 1 saturated heterocycles. The van der Waals surface area contributed by atoms with Crippen molar-refractivity contribution in [1.82, 2.24) is 9.88 Å². The highest BCUT2D eigenvalue weighted by Crippen LogP contribution is 2.32. The van der Waals surface area contributed by atoms with Gasteiger partial charge in [0.25, 0.3) is 0 Å². The van der Waals surface area contributed by atoms with E-state index in [1.54, 1.807) is 18.3 Å². The number of nitrogen functional groups attached to an aromatic ring is 1. The largest absolute Gasteiger partial charge is 0.398 e. The number of amides is 2. The van der Waals surface area contributed by atoms with Crippen molar-refractivity contribution in [3.63, 3.8) is 0 Å². The van der Waals surface area contributed by atoms with Crippen molar-refractivity contribution in [2.75, 3.05) is 35.6 Å². The lowest BCUT2D eigenvalue weighted by atomic mass is 9.99. The Morgan fingerprint density at radius 2 is 1.81 bits per heavy atom. The Bertz CT molecular complexity index is 1130. The highest BCUT2D eigenvalue weighted by atomic mass is 19.1. The van der Waals surface area contributed by atoms with Crippen LogP contribution >= 0.6 is 0 Å². The summed E-state index contributed by atoms with van der Waals surface area (Å²) in [6.07, 6.45) is 4.32. The molecule has 3 aromatic rings. The summed E-state index contributed by atoms with van der Waals surface area (Å²) in [6, 6.07) is 16.3. The fourth-order valence-corrected chi connectivity index (χ4v) is 4.67. The molecule has 0 atom stereocenters. The zero-order chi connectivity index (χ0) is 22.1. The van der Waals surface area contributed by atoms with E-state index < -0.39 is 0 Å². The number of pyridine rings is 1. The van der Waals surface area contributed by atoms with Crippen molar-refractivity contribution in [3.05, 3.63) is 72.3 Å². The van der Waals surface area contributed by atoms with Crippen LogP contribution in [0, 0.1) is 5.82 Å². The molecule has 0 spiro atoms. The van der Waals surface area contributed by atoms with E-state index in [2.05, 4.69) is 21.3 Å². The molecule has 2 aliphatic heterocycles. The highest BCUT2D eigenvalue weighted by Gasteiger charge is 2.30.